The number of alkyl halides is 3. The van der Waals surface area contributed by atoms with Crippen LogP contribution >= 0.6 is 11.6 Å². The number of nitrogens with one attached hydrogen (secondary N) is 1. The molecule has 1 aliphatic heterocycles. The van der Waals surface area contributed by atoms with Crippen molar-refractivity contribution >= 4 is 40.3 Å². The molecule has 13 nitrogen and oxygen atoms in total. The number of hydrogen-bond acceptors (Lipinski definition) is 11. The zero-order valence-electron chi connectivity index (χ0n) is 22.6. The van der Waals surface area contributed by atoms with Gasteiger partial charge in [0.05, 0.1) is 18.8 Å². The lowest BCUT2D eigenvalue weighted by Gasteiger charge is -2.24. The first-order chi connectivity index (χ1) is 20.2. The highest BCUT2D eigenvalue weighted by Crippen LogP contribution is 2.38. The first kappa shape index (κ1) is 29.3. The molecule has 0 atom stereocenters. The molecular weight excluding hydrogens is 583 g/mol. The van der Waals surface area contributed by atoms with E-state index in [2.05, 4.69) is 30.4 Å². The van der Waals surface area contributed by atoms with Crippen LogP contribution < -0.4 is 20.5 Å². The van der Waals surface area contributed by atoms with Crippen molar-refractivity contribution in [3.63, 3.8) is 0 Å². The van der Waals surface area contributed by atoms with Gasteiger partial charge in [-0.3, -0.25) is 4.68 Å². The number of halogens is 4. The third-order valence-corrected chi connectivity index (χ3v) is 6.77. The molecule has 0 saturated carbocycles. The Bertz CT molecular complexity index is 1590. The van der Waals surface area contributed by atoms with Crippen molar-refractivity contribution in [1.82, 2.24) is 34.3 Å². The fraction of sp³-hybridized carbons (Fsp3) is 0.400. The monoisotopic (exact) mass is 609 g/mol. The minimum Gasteiger partial charge on any atom is -0.474 e. The molecule has 4 aromatic rings. The van der Waals surface area contributed by atoms with Crippen LogP contribution in [0.1, 0.15) is 30.3 Å². The van der Waals surface area contributed by atoms with Crippen LogP contribution in [0.4, 0.5) is 24.9 Å². The normalized spacial score (nSPS) is 14.9. The Labute approximate surface area is 242 Å². The van der Waals surface area contributed by atoms with Gasteiger partial charge in [-0.25, -0.2) is 15.0 Å². The van der Waals surface area contributed by atoms with Crippen LogP contribution in [0.2, 0.25) is 5.02 Å². The summed E-state index contributed by atoms with van der Waals surface area (Å²) in [5, 5.41) is 7.20. The lowest BCUT2D eigenvalue weighted by molar-refractivity contribution is -0.145. The third-order valence-electron chi connectivity index (χ3n) is 6.40. The highest BCUT2D eigenvalue weighted by molar-refractivity contribution is 6.36. The van der Waals surface area contributed by atoms with Crippen molar-refractivity contribution in [2.45, 2.75) is 25.1 Å². The molecule has 17 heteroatoms. The van der Waals surface area contributed by atoms with Gasteiger partial charge in [-0.15, -0.1) is 0 Å². The number of aryl methyl sites for hydroxylation is 1. The molecule has 4 aromatic heterocycles. The van der Waals surface area contributed by atoms with Crippen LogP contribution in [-0.4, -0.2) is 67.8 Å². The molecule has 3 N–H and O–H groups in total. The predicted molar refractivity (Wildman–Crippen MR) is 145 cm³/mol. The van der Waals surface area contributed by atoms with E-state index in [1.807, 2.05) is 0 Å². The zero-order chi connectivity index (χ0) is 29.9. The fourth-order valence-electron chi connectivity index (χ4n) is 4.39. The third kappa shape index (κ3) is 6.05. The lowest BCUT2D eigenvalue weighted by atomic mass is 10.1. The maximum absolute atomic E-state index is 13.8. The minimum absolute atomic E-state index is 0.0307. The molecule has 0 amide bonds. The number of fused-ring (bicyclic) bond motifs is 1. The van der Waals surface area contributed by atoms with E-state index < -0.39 is 17.9 Å². The van der Waals surface area contributed by atoms with Crippen LogP contribution in [0, 0.1) is 0 Å². The number of imidazole rings is 1. The summed E-state index contributed by atoms with van der Waals surface area (Å²) in [4.78, 5) is 17.1. The smallest absolute Gasteiger partial charge is 0.433 e. The van der Waals surface area contributed by atoms with E-state index >= 15 is 0 Å². The van der Waals surface area contributed by atoms with Crippen molar-refractivity contribution in [1.29, 1.82) is 0 Å². The summed E-state index contributed by atoms with van der Waals surface area (Å²) >= 11 is 6.70. The van der Waals surface area contributed by atoms with E-state index in [1.54, 1.807) is 14.2 Å². The Morgan fingerprint density at radius 2 is 1.98 bits per heavy atom. The van der Waals surface area contributed by atoms with E-state index in [0.29, 0.717) is 38.2 Å². The zero-order valence-corrected chi connectivity index (χ0v) is 23.3. The van der Waals surface area contributed by atoms with E-state index in [-0.39, 0.29) is 52.1 Å². The summed E-state index contributed by atoms with van der Waals surface area (Å²) in [5.74, 6) is 0.516. The van der Waals surface area contributed by atoms with Crippen LogP contribution in [0.25, 0.3) is 16.9 Å². The molecule has 1 saturated heterocycles. The molecule has 0 bridgehead atoms. The summed E-state index contributed by atoms with van der Waals surface area (Å²) in [7, 11) is 3.17. The average molecular weight is 610 g/mol. The summed E-state index contributed by atoms with van der Waals surface area (Å²) in [6, 6.07) is 0.511. The van der Waals surface area contributed by atoms with Crippen molar-refractivity contribution in [2.75, 3.05) is 38.9 Å². The highest BCUT2D eigenvalue weighted by atomic mass is 35.5. The van der Waals surface area contributed by atoms with Gasteiger partial charge in [0, 0.05) is 52.0 Å². The average Bonchev–Trinajstić information content (AvgIpc) is 3.55. The molecule has 0 spiro atoms. The Balaban J connectivity index is 1.43. The lowest BCUT2D eigenvalue weighted by Crippen LogP contribution is -2.25. The number of rotatable bonds is 10. The largest absolute Gasteiger partial charge is 0.474 e. The molecule has 42 heavy (non-hydrogen) atoms. The van der Waals surface area contributed by atoms with Crippen LogP contribution in [0.5, 0.6) is 11.6 Å². The number of nitrogens with two attached hydrogens (primary N) is 1. The van der Waals surface area contributed by atoms with Gasteiger partial charge in [0.2, 0.25) is 11.8 Å². The molecule has 224 valence electrons. The molecular formula is C25H27ClF3N9O4. The van der Waals surface area contributed by atoms with Gasteiger partial charge in [-0.1, -0.05) is 11.6 Å². The first-order valence-electron chi connectivity index (χ1n) is 12.8. The van der Waals surface area contributed by atoms with Crippen molar-refractivity contribution in [3.8, 4) is 11.6 Å². The Morgan fingerprint density at radius 3 is 2.69 bits per heavy atom. The number of pyridine rings is 1. The summed E-state index contributed by atoms with van der Waals surface area (Å²) < 4.78 is 65.9. The van der Waals surface area contributed by atoms with Gasteiger partial charge in [0.1, 0.15) is 22.8 Å². The van der Waals surface area contributed by atoms with Gasteiger partial charge in [-0.05, 0) is 12.8 Å². The van der Waals surface area contributed by atoms with Gasteiger partial charge in [0.15, 0.2) is 28.7 Å². The quantitative estimate of drug-likeness (QED) is 0.198. The number of nitrogens with zero attached hydrogens (tertiary/aromatic N) is 7. The molecule has 0 radical (unpaired) electrons. The highest BCUT2D eigenvalue weighted by Gasteiger charge is 2.38. The number of aromatic nitrogens is 7. The van der Waals surface area contributed by atoms with E-state index in [4.69, 9.17) is 36.3 Å². The maximum atomic E-state index is 13.8. The van der Waals surface area contributed by atoms with Gasteiger partial charge >= 0.3 is 6.18 Å². The van der Waals surface area contributed by atoms with Gasteiger partial charge < -0.3 is 34.6 Å². The molecule has 0 aliphatic carbocycles. The molecule has 5 rings (SSSR count). The Hall–Kier alpha value is -4.15. The molecule has 1 aliphatic rings. The van der Waals surface area contributed by atoms with Crippen LogP contribution in [0.15, 0.2) is 30.9 Å². The number of ether oxygens (including phenoxy) is 4. The van der Waals surface area contributed by atoms with E-state index in [0.717, 1.165) is 10.7 Å². The fourth-order valence-corrected chi connectivity index (χ4v) is 4.69. The first-order valence-corrected chi connectivity index (χ1v) is 13.1. The van der Waals surface area contributed by atoms with Gasteiger partial charge in [-0.2, -0.15) is 23.3 Å². The van der Waals surface area contributed by atoms with E-state index in [1.165, 1.54) is 29.4 Å². The second kappa shape index (κ2) is 12.4. The summed E-state index contributed by atoms with van der Waals surface area (Å²) in [5.41, 5.74) is 5.77. The van der Waals surface area contributed by atoms with Gasteiger partial charge in [0.25, 0.3) is 0 Å². The SMILES string of the molecule is COCCOc1nccnc1/C(=C\N)Oc1cnc2nc(Nc3cc(C(F)(F)F)n(C4CCOCC4)n3)n(C)c2c1Cl. The summed E-state index contributed by atoms with van der Waals surface area (Å²) in [6.07, 6.45) is 1.67. The van der Waals surface area contributed by atoms with Crippen molar-refractivity contribution in [2.24, 2.45) is 12.8 Å². The number of hydrogen-bond donors (Lipinski definition) is 2. The Kier molecular flexibility index (Phi) is 8.65. The van der Waals surface area contributed by atoms with Crippen LogP contribution in [0.3, 0.4) is 0 Å². The second-order valence-corrected chi connectivity index (χ2v) is 9.49. The van der Waals surface area contributed by atoms with Crippen molar-refractivity contribution in [3.05, 3.63) is 47.3 Å². The molecule has 1 fully saturated rings. The standard InChI is InChI=1S/C25H27ClF3N9O4/c1-37-21-19(26)16(42-15(12-30)20-23(32-6-5-31-20)41-10-9-39-2)13-33-22(21)35-24(37)34-18-11-17(25(27,28)29)38(36-18)14-3-7-40-8-4-14/h5-6,11-14H,3-4,7-10,30H2,1-2H3,(H,33,34,35,36)/b15-12+. The number of anilines is 2. The predicted octanol–water partition coefficient (Wildman–Crippen LogP) is 4.08. The minimum atomic E-state index is -4.60. The molecule has 5 heterocycles. The second-order valence-electron chi connectivity index (χ2n) is 9.11. The Morgan fingerprint density at radius 1 is 1.21 bits per heavy atom. The molecule has 0 aromatic carbocycles. The summed E-state index contributed by atoms with van der Waals surface area (Å²) in [6.45, 7) is 1.28. The topological polar surface area (TPSA) is 149 Å². The van der Waals surface area contributed by atoms with Crippen LogP contribution in [-0.2, 0) is 22.7 Å². The maximum Gasteiger partial charge on any atom is 0.433 e. The molecule has 0 unspecified atom stereocenters. The number of methoxy groups -OCH3 is 1. The van der Waals surface area contributed by atoms with E-state index in [9.17, 15) is 13.2 Å². The van der Waals surface area contributed by atoms with Crippen molar-refractivity contribution < 1.29 is 32.1 Å².